The van der Waals surface area contributed by atoms with Crippen LogP contribution in [-0.4, -0.2) is 8.42 Å². The molecular weight excluding hydrogens is 372 g/mol. The Hall–Kier alpha value is -0.490. The van der Waals surface area contributed by atoms with Gasteiger partial charge < -0.3 is 0 Å². The Balaban J connectivity index is 3.79. The molecule has 0 aliphatic rings. The summed E-state index contributed by atoms with van der Waals surface area (Å²) in [7, 11) is -4.78. The van der Waals surface area contributed by atoms with E-state index in [1.807, 2.05) is 0 Å². The van der Waals surface area contributed by atoms with Crippen LogP contribution in [0.15, 0.2) is 4.90 Å². The number of sulfonamides is 1. The third-order valence-electron chi connectivity index (χ3n) is 1.54. The second kappa shape index (κ2) is 4.41. The van der Waals surface area contributed by atoms with Crippen LogP contribution in [-0.2, 0) is 10.0 Å². The second-order valence-electron chi connectivity index (χ2n) is 2.48. The SMILES string of the molecule is O=S(=O)(NI)c1c(F)c(F)c(F)c(F)c1F. The fourth-order valence-corrected chi connectivity index (χ4v) is 2.25. The molecule has 0 saturated heterocycles. The number of rotatable bonds is 2. The molecule has 0 radical (unpaired) electrons. The summed E-state index contributed by atoms with van der Waals surface area (Å²) < 4.78 is 87.1. The van der Waals surface area contributed by atoms with Gasteiger partial charge in [0, 0.05) is 22.9 Å². The van der Waals surface area contributed by atoms with Crippen molar-refractivity contribution in [1.82, 2.24) is 2.94 Å². The fraction of sp³-hybridized carbons (Fsp3) is 0. The summed E-state index contributed by atoms with van der Waals surface area (Å²) in [6, 6.07) is 0. The first-order valence-corrected chi connectivity index (χ1v) is 5.94. The molecule has 3 nitrogen and oxygen atoms in total. The van der Waals surface area contributed by atoms with Gasteiger partial charge in [-0.3, -0.25) is 0 Å². The van der Waals surface area contributed by atoms with E-state index in [9.17, 15) is 30.4 Å². The normalized spacial score (nSPS) is 11.9. The van der Waals surface area contributed by atoms with Crippen molar-refractivity contribution in [3.8, 4) is 0 Å². The summed E-state index contributed by atoms with van der Waals surface area (Å²) in [6.07, 6.45) is 0. The molecule has 0 unspecified atom stereocenters. The van der Waals surface area contributed by atoms with Crippen molar-refractivity contribution >= 4 is 32.9 Å². The number of benzene rings is 1. The Morgan fingerprint density at radius 3 is 1.44 bits per heavy atom. The molecule has 16 heavy (non-hydrogen) atoms. The van der Waals surface area contributed by atoms with E-state index in [0.29, 0.717) is 0 Å². The highest BCUT2D eigenvalue weighted by atomic mass is 127. The minimum absolute atomic E-state index is 0.989. The van der Waals surface area contributed by atoms with E-state index in [-0.39, 0.29) is 0 Å². The third kappa shape index (κ3) is 2.00. The van der Waals surface area contributed by atoms with Crippen molar-refractivity contribution in [2.45, 2.75) is 4.90 Å². The van der Waals surface area contributed by atoms with Crippen LogP contribution < -0.4 is 2.94 Å². The van der Waals surface area contributed by atoms with E-state index in [4.69, 9.17) is 0 Å². The molecule has 0 aromatic heterocycles. The topological polar surface area (TPSA) is 46.2 Å². The fourth-order valence-electron chi connectivity index (χ4n) is 0.859. The van der Waals surface area contributed by atoms with Crippen LogP contribution >= 0.6 is 22.9 Å². The van der Waals surface area contributed by atoms with E-state index in [2.05, 4.69) is 0 Å². The molecule has 90 valence electrons. The molecule has 1 aromatic rings. The Morgan fingerprint density at radius 2 is 1.12 bits per heavy atom. The van der Waals surface area contributed by atoms with Crippen molar-refractivity contribution in [3.63, 3.8) is 0 Å². The molecule has 0 aliphatic carbocycles. The third-order valence-corrected chi connectivity index (χ3v) is 4.38. The smallest absolute Gasteiger partial charge is 0.206 e. The minimum Gasteiger partial charge on any atom is -0.206 e. The zero-order valence-corrected chi connectivity index (χ0v) is 9.97. The maximum Gasteiger partial charge on any atom is 0.255 e. The monoisotopic (exact) mass is 373 g/mol. The van der Waals surface area contributed by atoms with Crippen LogP contribution in [0.3, 0.4) is 0 Å². The molecule has 0 atom stereocenters. The summed E-state index contributed by atoms with van der Waals surface area (Å²) in [6.45, 7) is 0. The van der Waals surface area contributed by atoms with Gasteiger partial charge in [-0.25, -0.2) is 30.4 Å². The Bertz CT molecular complexity index is 517. The molecule has 0 bridgehead atoms. The lowest BCUT2D eigenvalue weighted by atomic mass is 10.3. The minimum atomic E-state index is -4.78. The second-order valence-corrected chi connectivity index (χ2v) is 5.37. The summed E-state index contributed by atoms with van der Waals surface area (Å²) in [4.78, 5) is -1.90. The van der Waals surface area contributed by atoms with Crippen molar-refractivity contribution in [2.24, 2.45) is 0 Å². The van der Waals surface area contributed by atoms with E-state index >= 15 is 0 Å². The van der Waals surface area contributed by atoms with Gasteiger partial charge in [0.15, 0.2) is 28.2 Å². The molecule has 0 amide bonds. The number of hydrogen-bond acceptors (Lipinski definition) is 2. The number of halogens is 6. The van der Waals surface area contributed by atoms with Gasteiger partial charge >= 0.3 is 0 Å². The number of nitrogens with one attached hydrogen (secondary N) is 1. The summed E-state index contributed by atoms with van der Waals surface area (Å²) >= 11 is 0.989. The van der Waals surface area contributed by atoms with Gasteiger partial charge in [0.25, 0.3) is 10.0 Å². The lowest BCUT2D eigenvalue weighted by Crippen LogP contribution is -2.19. The van der Waals surface area contributed by atoms with Gasteiger partial charge in [-0.05, 0) is 0 Å². The van der Waals surface area contributed by atoms with Gasteiger partial charge in [-0.1, -0.05) is 0 Å². The van der Waals surface area contributed by atoms with Crippen molar-refractivity contribution < 1.29 is 30.4 Å². The molecule has 1 aromatic carbocycles. The Kier molecular flexibility index (Phi) is 3.74. The highest BCUT2D eigenvalue weighted by Crippen LogP contribution is 2.26. The first-order valence-electron chi connectivity index (χ1n) is 3.38. The van der Waals surface area contributed by atoms with Crippen LogP contribution in [0.5, 0.6) is 0 Å². The number of hydrogen-bond donors (Lipinski definition) is 1. The lowest BCUT2D eigenvalue weighted by molar-refractivity contribution is 0.357. The lowest BCUT2D eigenvalue weighted by Gasteiger charge is -2.06. The van der Waals surface area contributed by atoms with Crippen LogP contribution in [0.4, 0.5) is 22.0 Å². The van der Waals surface area contributed by atoms with Crippen LogP contribution in [0.2, 0.25) is 0 Å². The largest absolute Gasteiger partial charge is 0.255 e. The maximum absolute atomic E-state index is 12.9. The van der Waals surface area contributed by atoms with Crippen molar-refractivity contribution in [2.75, 3.05) is 0 Å². The average Bonchev–Trinajstić information content (AvgIpc) is 2.23. The van der Waals surface area contributed by atoms with E-state index in [0.717, 1.165) is 22.9 Å². The highest BCUT2D eigenvalue weighted by Gasteiger charge is 2.32. The van der Waals surface area contributed by atoms with E-state index in [1.54, 1.807) is 0 Å². The summed E-state index contributed by atoms with van der Waals surface area (Å²) in [5.41, 5.74) is 0. The summed E-state index contributed by atoms with van der Waals surface area (Å²) in [5.74, 6) is -11.9. The molecular formula is C6HF5INO2S. The van der Waals surface area contributed by atoms with E-state index in [1.165, 1.54) is 2.94 Å². The molecule has 1 rings (SSSR count). The molecule has 0 aliphatic heterocycles. The van der Waals surface area contributed by atoms with Gasteiger partial charge in [0.05, 0.1) is 0 Å². The van der Waals surface area contributed by atoms with Crippen LogP contribution in [0.1, 0.15) is 0 Å². The quantitative estimate of drug-likeness (QED) is 0.284. The first kappa shape index (κ1) is 13.6. The molecule has 10 heteroatoms. The van der Waals surface area contributed by atoms with Crippen LogP contribution in [0.25, 0.3) is 0 Å². The van der Waals surface area contributed by atoms with Gasteiger partial charge in [0.2, 0.25) is 5.82 Å². The average molecular weight is 373 g/mol. The Morgan fingerprint density at radius 1 is 0.812 bits per heavy atom. The molecule has 0 spiro atoms. The predicted molar refractivity (Wildman–Crippen MR) is 50.6 cm³/mol. The van der Waals surface area contributed by atoms with Crippen molar-refractivity contribution in [3.05, 3.63) is 29.1 Å². The van der Waals surface area contributed by atoms with Gasteiger partial charge in [-0.15, -0.1) is 0 Å². The van der Waals surface area contributed by atoms with Gasteiger partial charge in [-0.2, -0.15) is 2.94 Å². The molecule has 0 heterocycles. The van der Waals surface area contributed by atoms with Gasteiger partial charge in [0.1, 0.15) is 0 Å². The maximum atomic E-state index is 12.9. The standard InChI is InChI=1S/C6HF5INO2S/c7-1-2(8)4(10)6(5(11)3(1)9)16(14,15)13-12/h13H. The zero-order valence-electron chi connectivity index (χ0n) is 6.99. The molecule has 0 saturated carbocycles. The summed E-state index contributed by atoms with van der Waals surface area (Å²) in [5, 5.41) is 0. The molecule has 1 N–H and O–H groups in total. The van der Waals surface area contributed by atoms with E-state index < -0.39 is 44.0 Å². The molecule has 0 fully saturated rings. The predicted octanol–water partition coefficient (Wildman–Crippen LogP) is 2.01. The first-order chi connectivity index (χ1) is 7.24. The van der Waals surface area contributed by atoms with Crippen LogP contribution in [0, 0.1) is 29.1 Å². The Labute approximate surface area is 100 Å². The highest BCUT2D eigenvalue weighted by molar-refractivity contribution is 14.1. The zero-order chi connectivity index (χ0) is 12.7. The van der Waals surface area contributed by atoms with Crippen molar-refractivity contribution in [1.29, 1.82) is 0 Å².